The van der Waals surface area contributed by atoms with Crippen molar-refractivity contribution >= 4 is 0 Å². The molecule has 1 heterocycles. The molecule has 0 aromatic carbocycles. The molecule has 19 heavy (non-hydrogen) atoms. The highest BCUT2D eigenvalue weighted by atomic mass is 16.1. The van der Waals surface area contributed by atoms with Gasteiger partial charge in [-0.2, -0.15) is 0 Å². The molecular weight excluding hydrogens is 236 g/mol. The minimum atomic E-state index is 0.215. The van der Waals surface area contributed by atoms with Crippen molar-refractivity contribution in [2.45, 2.75) is 64.5 Å². The Morgan fingerprint density at radius 2 is 1.95 bits per heavy atom. The van der Waals surface area contributed by atoms with Crippen LogP contribution in [0.15, 0.2) is 16.9 Å². The van der Waals surface area contributed by atoms with Crippen molar-refractivity contribution in [2.75, 3.05) is 7.05 Å². The van der Waals surface area contributed by atoms with Gasteiger partial charge in [-0.05, 0) is 31.9 Å². The van der Waals surface area contributed by atoms with Crippen molar-refractivity contribution in [1.29, 1.82) is 0 Å². The van der Waals surface area contributed by atoms with Gasteiger partial charge in [-0.3, -0.25) is 4.79 Å². The van der Waals surface area contributed by atoms with Gasteiger partial charge in [0.2, 0.25) is 0 Å². The summed E-state index contributed by atoms with van der Waals surface area (Å²) in [5.74, 6) is 0.401. The van der Waals surface area contributed by atoms with Crippen LogP contribution < -0.4 is 10.9 Å². The lowest BCUT2D eigenvalue weighted by Gasteiger charge is -2.28. The van der Waals surface area contributed by atoms with E-state index in [1.165, 1.54) is 25.0 Å². The predicted octanol–water partition coefficient (Wildman–Crippen LogP) is 3.20. The lowest BCUT2D eigenvalue weighted by atomic mass is 9.93. The third-order valence-electron chi connectivity index (χ3n) is 4.13. The Morgan fingerprint density at radius 3 is 2.53 bits per heavy atom. The second kappa shape index (κ2) is 6.38. The van der Waals surface area contributed by atoms with Crippen LogP contribution in [0.3, 0.4) is 0 Å². The van der Waals surface area contributed by atoms with Crippen LogP contribution in [-0.2, 0) is 6.54 Å². The minimum Gasteiger partial charge on any atom is -0.315 e. The lowest BCUT2D eigenvalue weighted by molar-refractivity contribution is 0.335. The van der Waals surface area contributed by atoms with Gasteiger partial charge in [-0.1, -0.05) is 39.2 Å². The number of rotatable bonds is 4. The molecule has 0 spiro atoms. The van der Waals surface area contributed by atoms with Crippen LogP contribution in [0.5, 0.6) is 0 Å². The zero-order valence-corrected chi connectivity index (χ0v) is 12.4. The first kappa shape index (κ1) is 14.3. The molecule has 1 aliphatic rings. The molecule has 3 heteroatoms. The van der Waals surface area contributed by atoms with Crippen LogP contribution in [0.25, 0.3) is 0 Å². The normalized spacial score (nSPS) is 17.1. The van der Waals surface area contributed by atoms with Crippen molar-refractivity contribution < 1.29 is 0 Å². The van der Waals surface area contributed by atoms with Crippen molar-refractivity contribution in [3.05, 3.63) is 33.7 Å². The van der Waals surface area contributed by atoms with Crippen molar-refractivity contribution in [1.82, 2.24) is 9.88 Å². The third kappa shape index (κ3) is 3.08. The lowest BCUT2D eigenvalue weighted by Crippen LogP contribution is -2.33. The summed E-state index contributed by atoms with van der Waals surface area (Å²) in [7, 11) is 1.89. The molecule has 1 N–H and O–H groups in total. The Balaban J connectivity index is 2.46. The number of nitrogens with one attached hydrogen (secondary N) is 1. The topological polar surface area (TPSA) is 34.0 Å². The number of nitrogens with zero attached hydrogens (tertiary/aromatic N) is 1. The van der Waals surface area contributed by atoms with E-state index < -0.39 is 0 Å². The first-order valence-corrected chi connectivity index (χ1v) is 7.54. The number of pyridine rings is 1. The fourth-order valence-electron chi connectivity index (χ4n) is 3.12. The van der Waals surface area contributed by atoms with Gasteiger partial charge < -0.3 is 9.88 Å². The molecule has 0 amide bonds. The van der Waals surface area contributed by atoms with E-state index >= 15 is 0 Å². The molecular formula is C16H26N2O. The fourth-order valence-corrected chi connectivity index (χ4v) is 3.12. The van der Waals surface area contributed by atoms with E-state index in [4.69, 9.17) is 0 Å². The quantitative estimate of drug-likeness (QED) is 0.904. The molecule has 0 aliphatic heterocycles. The molecule has 2 rings (SSSR count). The Kier molecular flexibility index (Phi) is 4.81. The van der Waals surface area contributed by atoms with Crippen LogP contribution >= 0.6 is 0 Å². The van der Waals surface area contributed by atoms with Gasteiger partial charge in [-0.15, -0.1) is 0 Å². The van der Waals surface area contributed by atoms with Gasteiger partial charge in [0, 0.05) is 23.8 Å². The van der Waals surface area contributed by atoms with Crippen molar-refractivity contribution in [2.24, 2.45) is 0 Å². The average molecular weight is 262 g/mol. The summed E-state index contributed by atoms with van der Waals surface area (Å²) in [6.07, 6.45) is 6.14. The molecule has 0 saturated heterocycles. The maximum absolute atomic E-state index is 12.7. The maximum atomic E-state index is 12.7. The van der Waals surface area contributed by atoms with Gasteiger partial charge in [0.05, 0.1) is 0 Å². The van der Waals surface area contributed by atoms with Crippen LogP contribution in [0, 0.1) is 0 Å². The van der Waals surface area contributed by atoms with E-state index in [0.717, 1.165) is 18.4 Å². The highest BCUT2D eigenvalue weighted by Gasteiger charge is 2.21. The smallest absolute Gasteiger partial charge is 0.255 e. The average Bonchev–Trinajstić information content (AvgIpc) is 2.41. The highest BCUT2D eigenvalue weighted by Crippen LogP contribution is 2.29. The SMILES string of the molecule is CNCc1ccc(C(C)C)n(C2CCCCC2)c1=O. The van der Waals surface area contributed by atoms with Gasteiger partial charge in [0.15, 0.2) is 0 Å². The number of aromatic nitrogens is 1. The summed E-state index contributed by atoms with van der Waals surface area (Å²) in [6.45, 7) is 5.00. The summed E-state index contributed by atoms with van der Waals surface area (Å²) >= 11 is 0. The second-order valence-electron chi connectivity index (χ2n) is 5.94. The second-order valence-corrected chi connectivity index (χ2v) is 5.94. The van der Waals surface area contributed by atoms with Crippen molar-refractivity contribution in [3.8, 4) is 0 Å². The summed E-state index contributed by atoms with van der Waals surface area (Å²) in [4.78, 5) is 12.7. The molecule has 1 fully saturated rings. The zero-order valence-electron chi connectivity index (χ0n) is 12.4. The van der Waals surface area contributed by atoms with Crippen LogP contribution in [0.4, 0.5) is 0 Å². The highest BCUT2D eigenvalue weighted by molar-refractivity contribution is 5.19. The molecule has 0 radical (unpaired) electrons. The summed E-state index contributed by atoms with van der Waals surface area (Å²) in [5, 5.41) is 3.09. The maximum Gasteiger partial charge on any atom is 0.255 e. The molecule has 1 saturated carbocycles. The monoisotopic (exact) mass is 262 g/mol. The van der Waals surface area contributed by atoms with Crippen LogP contribution in [0.2, 0.25) is 0 Å². The number of hydrogen-bond acceptors (Lipinski definition) is 2. The van der Waals surface area contributed by atoms with E-state index in [-0.39, 0.29) is 5.56 Å². The molecule has 1 aromatic heterocycles. The Labute approximate surface area is 116 Å². The summed E-state index contributed by atoms with van der Waals surface area (Å²) < 4.78 is 2.09. The molecule has 106 valence electrons. The van der Waals surface area contributed by atoms with E-state index in [0.29, 0.717) is 18.5 Å². The van der Waals surface area contributed by atoms with E-state index in [1.807, 2.05) is 13.1 Å². The van der Waals surface area contributed by atoms with E-state index in [9.17, 15) is 4.79 Å². The first-order chi connectivity index (χ1) is 9.15. The van der Waals surface area contributed by atoms with Crippen molar-refractivity contribution in [3.63, 3.8) is 0 Å². The largest absolute Gasteiger partial charge is 0.315 e. The Morgan fingerprint density at radius 1 is 1.26 bits per heavy atom. The zero-order chi connectivity index (χ0) is 13.8. The van der Waals surface area contributed by atoms with Gasteiger partial charge >= 0.3 is 0 Å². The van der Waals surface area contributed by atoms with Crippen LogP contribution in [-0.4, -0.2) is 11.6 Å². The van der Waals surface area contributed by atoms with Gasteiger partial charge in [0.1, 0.15) is 0 Å². The molecule has 1 aliphatic carbocycles. The standard InChI is InChI=1S/C16H26N2O/c1-12(2)15-10-9-13(11-17-3)16(19)18(15)14-7-5-4-6-8-14/h9-10,12,14,17H,4-8,11H2,1-3H3. The summed E-state index contributed by atoms with van der Waals surface area (Å²) in [5.41, 5.74) is 2.29. The number of hydrogen-bond donors (Lipinski definition) is 1. The van der Waals surface area contributed by atoms with Crippen LogP contribution in [0.1, 0.15) is 69.2 Å². The third-order valence-corrected chi connectivity index (χ3v) is 4.13. The molecule has 1 aromatic rings. The first-order valence-electron chi connectivity index (χ1n) is 7.54. The minimum absolute atomic E-state index is 0.215. The predicted molar refractivity (Wildman–Crippen MR) is 79.7 cm³/mol. The Hall–Kier alpha value is -1.09. The Bertz CT molecular complexity index is 470. The molecule has 0 atom stereocenters. The van der Waals surface area contributed by atoms with Gasteiger partial charge in [0.25, 0.3) is 5.56 Å². The fraction of sp³-hybridized carbons (Fsp3) is 0.688. The van der Waals surface area contributed by atoms with E-state index in [2.05, 4.69) is 29.8 Å². The molecule has 3 nitrogen and oxygen atoms in total. The summed E-state index contributed by atoms with van der Waals surface area (Å²) in [6, 6.07) is 4.55. The molecule has 0 bridgehead atoms. The molecule has 0 unspecified atom stereocenters. The van der Waals surface area contributed by atoms with Gasteiger partial charge in [-0.25, -0.2) is 0 Å². The van der Waals surface area contributed by atoms with E-state index in [1.54, 1.807) is 0 Å².